The number of nitrogens with one attached hydrogen (secondary N) is 10. The number of fused-ring (bicyclic) bond motifs is 2. The zero-order valence-electron chi connectivity index (χ0n) is 46.3. The molecule has 2 aromatic heterocycles. The Labute approximate surface area is 498 Å². The molecule has 20 N–H and O–H groups in total. The normalized spacial score (nSPS) is 14.1. The van der Waals surface area contributed by atoms with Gasteiger partial charge in [-0.25, -0.2) is 0 Å². The van der Waals surface area contributed by atoms with Crippen molar-refractivity contribution in [2.45, 2.75) is 136 Å². The Balaban J connectivity index is 1.71. The summed E-state index contributed by atoms with van der Waals surface area (Å²) in [5, 5.41) is 76.1. The fourth-order valence-corrected chi connectivity index (χ4v) is 9.66. The van der Waals surface area contributed by atoms with Gasteiger partial charge in [0, 0.05) is 29.0 Å². The van der Waals surface area contributed by atoms with Gasteiger partial charge in [-0.2, -0.15) is 0 Å². The maximum atomic E-state index is 14.7. The van der Waals surface area contributed by atoms with E-state index in [1.54, 1.807) is 54.4 Å². The molecule has 0 saturated carbocycles. The molecular formula is C53H66N12O21Se. The van der Waals surface area contributed by atoms with E-state index in [4.69, 9.17) is 16.6 Å². The third-order valence-corrected chi connectivity index (χ3v) is 14.4. The van der Waals surface area contributed by atoms with Gasteiger partial charge in [0.15, 0.2) is 0 Å². The summed E-state index contributed by atoms with van der Waals surface area (Å²) >= 11 is -0.192. The van der Waals surface area contributed by atoms with Crippen LogP contribution in [0, 0.1) is 0 Å². The van der Waals surface area contributed by atoms with Crippen molar-refractivity contribution in [1.82, 2.24) is 52.5 Å². The number of primary amides is 1. The van der Waals surface area contributed by atoms with Crippen molar-refractivity contribution < 1.29 is 103 Å². The van der Waals surface area contributed by atoms with Crippen LogP contribution in [-0.4, -0.2) is 199 Å². The number of hydrogen-bond donors (Lipinski definition) is 18. The maximum absolute atomic E-state index is 14.7. The van der Waals surface area contributed by atoms with Gasteiger partial charge < -0.3 is 47.6 Å². The van der Waals surface area contributed by atoms with Crippen molar-refractivity contribution in [2.24, 2.45) is 11.5 Å². The van der Waals surface area contributed by atoms with E-state index >= 15 is 0 Å². The number of nitrogens with two attached hydrogens (primary N) is 2. The van der Waals surface area contributed by atoms with Gasteiger partial charge in [0.25, 0.3) is 0 Å². The van der Waals surface area contributed by atoms with Gasteiger partial charge >= 0.3 is 280 Å². The van der Waals surface area contributed by atoms with Crippen molar-refractivity contribution in [2.75, 3.05) is 0 Å². The Morgan fingerprint density at radius 1 is 0.425 bits per heavy atom. The van der Waals surface area contributed by atoms with Crippen molar-refractivity contribution in [3.63, 3.8) is 0 Å². The topological polar surface area (TPSA) is 557 Å². The van der Waals surface area contributed by atoms with E-state index < -0.39 is 208 Å². The SMILES string of the molecule is C[Se]CC[C@H](NC(=O)[C@H](CCC(=O)O)NC(=O)[C@H](Cc1c[nH]c2ccccc12)NC(=O)[C@H](CC(N)=O)NC(=O)[C@H](Cc1c[nH]c2ccccc12)NC(=O)[C@H](CC(=O)O)NC(=O)[C@@H](N)CC(=O)O)C(=O)N[C@@H](CCC(=O)O)C(=O)N[C@@H](CC(=O)O)C(=O)O. The van der Waals surface area contributed by atoms with Gasteiger partial charge in [0.2, 0.25) is 23.6 Å². The number of amides is 9. The first-order valence-corrected chi connectivity index (χ1v) is 29.4. The number of aromatic nitrogens is 2. The van der Waals surface area contributed by atoms with Crippen molar-refractivity contribution in [3.05, 3.63) is 72.1 Å². The van der Waals surface area contributed by atoms with Crippen LogP contribution in [0.1, 0.15) is 68.9 Å². The van der Waals surface area contributed by atoms with E-state index in [1.807, 2.05) is 5.32 Å². The predicted molar refractivity (Wildman–Crippen MR) is 300 cm³/mol. The molecule has 9 amide bonds. The Kier molecular flexibility index (Phi) is 26.8. The average Bonchev–Trinajstić information content (AvgIpc) is 2.36. The van der Waals surface area contributed by atoms with Gasteiger partial charge in [0.05, 0.1) is 25.3 Å². The molecule has 0 fully saturated rings. The van der Waals surface area contributed by atoms with Crippen molar-refractivity contribution in [1.29, 1.82) is 0 Å². The Bertz CT molecular complexity index is 3240. The number of carboxylic acids is 6. The quantitative estimate of drug-likeness (QED) is 0.0192. The fraction of sp³-hybridized carbons (Fsp3) is 0.415. The molecule has 0 radical (unpaired) electrons. The first-order valence-electron chi connectivity index (χ1n) is 26.4. The second kappa shape index (κ2) is 33.5. The summed E-state index contributed by atoms with van der Waals surface area (Å²) < 4.78 is 0. The molecule has 0 aliphatic carbocycles. The molecule has 0 aliphatic rings. The number of carbonyl (C=O) groups excluding carboxylic acids is 9. The molecule has 0 bridgehead atoms. The molecule has 0 spiro atoms. The molecular weight excluding hydrogens is 1220 g/mol. The number of rotatable bonds is 38. The standard InChI is InChI=1S/C53H66N12O21Se/c1-87-15-14-33(48(80)58-32(11-13-41(69)70)47(79)65-38(53(85)86)21-44(75)76)60-46(78)31(10-12-40(67)68)59-49(81)34(16-24-22-56-29-8-4-2-6-26(24)29)62-51(83)36(19-39(55)66)64-50(82)35(17-25-23-57-30-9-5-3-7-27(25)30)63-52(84)37(20-43(73)74)61-45(77)28(54)18-42(71)72/h2-9,22-23,28,31-38,56-57H,10-21,54H2,1H3,(H2,55,66)(H,58,80)(H,59,81)(H,60,78)(H,61,77)(H,62,83)(H,63,84)(H,64,82)(H,65,79)(H,67,68)(H,69,70)(H,71,72)(H,73,74)(H,75,76)(H,85,86)/t28-,31-,32-,33-,34-,35-,36-,37-,38-/m0/s1. The first kappa shape index (κ1) is 69.5. The second-order valence-corrected chi connectivity index (χ2v) is 21.7. The monoisotopic (exact) mass is 1290 g/mol. The number of benzene rings is 2. The molecule has 9 atom stereocenters. The third kappa shape index (κ3) is 22.5. The van der Waals surface area contributed by atoms with E-state index in [0.29, 0.717) is 32.9 Å². The van der Waals surface area contributed by atoms with E-state index in [2.05, 4.69) is 47.2 Å². The fourth-order valence-electron chi connectivity index (χ4n) is 8.67. The Morgan fingerprint density at radius 2 is 0.759 bits per heavy atom. The van der Waals surface area contributed by atoms with Crippen LogP contribution in [0.4, 0.5) is 0 Å². The van der Waals surface area contributed by atoms with Crippen LogP contribution in [0.5, 0.6) is 0 Å². The zero-order valence-corrected chi connectivity index (χ0v) is 48.0. The number of carbonyl (C=O) groups is 15. The number of hydrogen-bond acceptors (Lipinski definition) is 16. The number of para-hydroxylation sites is 2. The summed E-state index contributed by atoms with van der Waals surface area (Å²) in [6.07, 6.45) is -5.07. The molecule has 0 unspecified atom stereocenters. The molecule has 4 aromatic rings. The number of H-pyrrole nitrogens is 2. The molecule has 2 aromatic carbocycles. The predicted octanol–water partition coefficient (Wildman–Crippen LogP) is -3.69. The van der Waals surface area contributed by atoms with Crippen LogP contribution in [0.15, 0.2) is 60.9 Å². The van der Waals surface area contributed by atoms with Gasteiger partial charge in [0.1, 0.15) is 12.1 Å². The molecule has 4 rings (SSSR count). The van der Waals surface area contributed by atoms with Crippen molar-refractivity contribution in [3.8, 4) is 0 Å². The van der Waals surface area contributed by atoms with E-state index in [9.17, 15) is 97.5 Å². The summed E-state index contributed by atoms with van der Waals surface area (Å²) in [5.74, 6) is -18.7. The van der Waals surface area contributed by atoms with Gasteiger partial charge in [-0.3, -0.25) is 28.8 Å². The van der Waals surface area contributed by atoms with E-state index in [0.717, 1.165) is 0 Å². The average molecular weight is 1290 g/mol. The second-order valence-electron chi connectivity index (χ2n) is 19.7. The van der Waals surface area contributed by atoms with Gasteiger partial charge in [-0.05, 0) is 17.7 Å². The molecule has 34 heteroatoms. The Hall–Kier alpha value is -9.95. The van der Waals surface area contributed by atoms with E-state index in [-0.39, 0.29) is 26.7 Å². The van der Waals surface area contributed by atoms with Crippen LogP contribution in [0.25, 0.3) is 21.8 Å². The summed E-state index contributed by atoms with van der Waals surface area (Å²) in [6, 6.07) is -3.28. The number of aromatic amines is 2. The number of aliphatic carboxylic acids is 6. The first-order chi connectivity index (χ1) is 41.1. The molecule has 33 nitrogen and oxygen atoms in total. The molecule has 470 valence electrons. The molecule has 0 saturated heterocycles. The summed E-state index contributed by atoms with van der Waals surface area (Å²) in [7, 11) is 0. The Morgan fingerprint density at radius 3 is 1.15 bits per heavy atom. The minimum absolute atomic E-state index is 0.168. The minimum atomic E-state index is -2.02. The number of carboxylic acid groups (broad SMARTS) is 6. The van der Waals surface area contributed by atoms with Crippen LogP contribution in [-0.2, 0) is 84.8 Å². The van der Waals surface area contributed by atoms with Crippen LogP contribution < -0.4 is 54.0 Å². The van der Waals surface area contributed by atoms with Crippen LogP contribution in [0.3, 0.4) is 0 Å². The zero-order chi connectivity index (χ0) is 64.7. The molecule has 87 heavy (non-hydrogen) atoms. The van der Waals surface area contributed by atoms with Crippen LogP contribution >= 0.6 is 0 Å². The summed E-state index contributed by atoms with van der Waals surface area (Å²) in [5.41, 5.74) is 13.1. The molecule has 0 aliphatic heterocycles. The van der Waals surface area contributed by atoms with Crippen LogP contribution in [0.2, 0.25) is 11.1 Å². The van der Waals surface area contributed by atoms with Crippen molar-refractivity contribution >= 4 is 126 Å². The molecule has 2 heterocycles. The van der Waals surface area contributed by atoms with E-state index in [1.165, 1.54) is 12.4 Å². The summed E-state index contributed by atoms with van der Waals surface area (Å²) in [4.78, 5) is 200. The van der Waals surface area contributed by atoms with Gasteiger partial charge in [-0.15, -0.1) is 0 Å². The third-order valence-electron chi connectivity index (χ3n) is 13.0. The summed E-state index contributed by atoms with van der Waals surface area (Å²) in [6.45, 7) is 0. The van der Waals surface area contributed by atoms with Gasteiger partial charge in [-0.1, -0.05) is 36.4 Å².